The Hall–Kier alpha value is -3.72. The molecule has 0 radical (unpaired) electrons. The van der Waals surface area contributed by atoms with E-state index < -0.39 is 23.6 Å². The van der Waals surface area contributed by atoms with Gasteiger partial charge in [-0.25, -0.2) is 0 Å². The summed E-state index contributed by atoms with van der Waals surface area (Å²) in [6.07, 6.45) is -3.15. The molecule has 0 saturated carbocycles. The molecule has 1 saturated heterocycles. The molecule has 2 aromatic carbocycles. The van der Waals surface area contributed by atoms with Gasteiger partial charge in [0.2, 0.25) is 0 Å². The Bertz CT molecular complexity index is 1440. The molecular weight excluding hydrogens is 499 g/mol. The van der Waals surface area contributed by atoms with Gasteiger partial charge in [-0.2, -0.15) is 13.2 Å². The third kappa shape index (κ3) is 5.09. The lowest BCUT2D eigenvalue weighted by molar-refractivity contribution is -0.137. The number of aryl methyl sites for hydroxylation is 1. The molecule has 192 valence electrons. The number of halogens is 3. The van der Waals surface area contributed by atoms with Crippen molar-refractivity contribution in [1.29, 1.82) is 0 Å². The lowest BCUT2D eigenvalue weighted by Crippen LogP contribution is -2.54. The van der Waals surface area contributed by atoms with Crippen LogP contribution in [0, 0.1) is 13.8 Å². The maximum atomic E-state index is 13.3. The molecule has 0 unspecified atom stereocenters. The summed E-state index contributed by atoms with van der Waals surface area (Å²) >= 11 is 5.13. The van der Waals surface area contributed by atoms with Crippen molar-refractivity contribution >= 4 is 40.9 Å². The number of hydrogen-bond donors (Lipinski definition) is 1. The number of benzene rings is 2. The van der Waals surface area contributed by atoms with Gasteiger partial charge in [-0.15, -0.1) is 0 Å². The van der Waals surface area contributed by atoms with Crippen LogP contribution in [0.25, 0.3) is 11.8 Å². The van der Waals surface area contributed by atoms with E-state index in [1.165, 1.54) is 23.8 Å². The summed E-state index contributed by atoms with van der Waals surface area (Å²) in [6.45, 7) is 10.2. The summed E-state index contributed by atoms with van der Waals surface area (Å²) < 4.78 is 41.7. The molecule has 1 aliphatic rings. The van der Waals surface area contributed by atoms with Crippen LogP contribution in [0.3, 0.4) is 0 Å². The highest BCUT2D eigenvalue weighted by Gasteiger charge is 2.37. The molecule has 2 amide bonds. The summed E-state index contributed by atoms with van der Waals surface area (Å²) in [7, 11) is 0. The van der Waals surface area contributed by atoms with Crippen LogP contribution in [0.1, 0.15) is 48.8 Å². The fraction of sp³-hybridized carbons (Fsp3) is 0.250. The van der Waals surface area contributed by atoms with Crippen molar-refractivity contribution in [1.82, 2.24) is 9.88 Å². The smallest absolute Gasteiger partial charge is 0.318 e. The minimum Gasteiger partial charge on any atom is -0.318 e. The van der Waals surface area contributed by atoms with Crippen LogP contribution in [0.15, 0.2) is 60.2 Å². The summed E-state index contributed by atoms with van der Waals surface area (Å²) in [4.78, 5) is 27.0. The van der Waals surface area contributed by atoms with Crippen LogP contribution in [-0.4, -0.2) is 21.5 Å². The summed E-state index contributed by atoms with van der Waals surface area (Å²) in [6, 6.07) is 14.3. The number of rotatable bonds is 3. The highest BCUT2D eigenvalue weighted by molar-refractivity contribution is 7.80. The predicted octanol–water partition coefficient (Wildman–Crippen LogP) is 6.24. The van der Waals surface area contributed by atoms with Crippen molar-refractivity contribution in [3.05, 3.63) is 88.2 Å². The van der Waals surface area contributed by atoms with Crippen molar-refractivity contribution in [3.63, 3.8) is 0 Å². The van der Waals surface area contributed by atoms with E-state index in [-0.39, 0.29) is 21.8 Å². The Morgan fingerprint density at radius 2 is 1.54 bits per heavy atom. The molecule has 4 rings (SSSR count). The number of carbonyl (C=O) groups excluding carboxylic acids is 2. The first-order valence-corrected chi connectivity index (χ1v) is 12.0. The number of nitrogens with one attached hydrogen (secondary N) is 1. The molecule has 0 spiro atoms. The highest BCUT2D eigenvalue weighted by atomic mass is 32.1. The van der Waals surface area contributed by atoms with E-state index in [0.717, 1.165) is 34.1 Å². The number of aromatic nitrogens is 1. The molecular formula is C28H26F3N3O2S. The summed E-state index contributed by atoms with van der Waals surface area (Å²) in [5, 5.41) is 2.14. The minimum atomic E-state index is -4.60. The van der Waals surface area contributed by atoms with Crippen LogP contribution < -0.4 is 10.2 Å². The Labute approximate surface area is 218 Å². The normalized spacial score (nSPS) is 15.9. The first-order chi connectivity index (χ1) is 17.2. The van der Waals surface area contributed by atoms with Crippen molar-refractivity contribution < 1.29 is 22.8 Å². The first kappa shape index (κ1) is 26.3. The van der Waals surface area contributed by atoms with E-state index in [2.05, 4.69) is 38.2 Å². The topological polar surface area (TPSA) is 54.3 Å². The van der Waals surface area contributed by atoms with Gasteiger partial charge in [-0.1, -0.05) is 39.0 Å². The van der Waals surface area contributed by atoms with Crippen LogP contribution >= 0.6 is 12.2 Å². The van der Waals surface area contributed by atoms with E-state index in [1.807, 2.05) is 36.6 Å². The van der Waals surface area contributed by atoms with E-state index >= 15 is 0 Å². The molecule has 37 heavy (non-hydrogen) atoms. The minimum absolute atomic E-state index is 0.00958. The Kier molecular flexibility index (Phi) is 6.62. The number of alkyl halides is 3. The van der Waals surface area contributed by atoms with E-state index in [9.17, 15) is 22.8 Å². The van der Waals surface area contributed by atoms with Gasteiger partial charge in [0.05, 0.1) is 11.3 Å². The number of thiocarbonyl (C=S) groups is 1. The van der Waals surface area contributed by atoms with Gasteiger partial charge in [-0.05, 0) is 85.1 Å². The van der Waals surface area contributed by atoms with Gasteiger partial charge in [0.15, 0.2) is 5.11 Å². The highest BCUT2D eigenvalue weighted by Crippen LogP contribution is 2.33. The zero-order chi connectivity index (χ0) is 27.3. The second-order valence-corrected chi connectivity index (χ2v) is 10.4. The lowest BCUT2D eigenvalue weighted by atomic mass is 9.87. The van der Waals surface area contributed by atoms with Crippen molar-refractivity contribution in [2.75, 3.05) is 4.90 Å². The van der Waals surface area contributed by atoms with E-state index in [1.54, 1.807) is 0 Å². The van der Waals surface area contributed by atoms with Crippen LogP contribution in [0.4, 0.5) is 18.9 Å². The number of nitrogens with zero attached hydrogens (tertiary/aromatic N) is 2. The average molecular weight is 526 g/mol. The molecule has 2 heterocycles. The standard InChI is InChI=1S/C28H26F3N3O2S/c1-16-13-18(17(2)33(16)21-11-9-19(10-12-21)27(3,4)5)14-23-24(35)32-26(37)34(25(23)36)22-8-6-7-20(15-22)28(29,30)31/h6-15H,1-5H3,(H,32,35,37)/b23-14+. The summed E-state index contributed by atoms with van der Waals surface area (Å²) in [5.41, 5.74) is 3.21. The maximum Gasteiger partial charge on any atom is 0.416 e. The number of carbonyl (C=O) groups is 2. The first-order valence-electron chi connectivity index (χ1n) is 11.6. The SMILES string of the molecule is Cc1cc(/C=C2\C(=O)NC(=S)N(c3cccc(C(F)(F)F)c3)C2=O)c(C)n1-c1ccc(C(C)(C)C)cc1. The van der Waals surface area contributed by atoms with Crippen LogP contribution in [-0.2, 0) is 21.2 Å². The quantitative estimate of drug-likeness (QED) is 0.250. The second-order valence-electron chi connectivity index (χ2n) is 9.96. The van der Waals surface area contributed by atoms with Crippen molar-refractivity contribution in [3.8, 4) is 5.69 Å². The monoisotopic (exact) mass is 525 g/mol. The van der Waals surface area contributed by atoms with Crippen LogP contribution in [0.2, 0.25) is 0 Å². The molecule has 0 atom stereocenters. The molecule has 1 fully saturated rings. The van der Waals surface area contributed by atoms with Gasteiger partial charge >= 0.3 is 6.18 Å². The third-order valence-corrected chi connectivity index (χ3v) is 6.58. The molecule has 1 aromatic heterocycles. The Morgan fingerprint density at radius 3 is 2.14 bits per heavy atom. The van der Waals surface area contributed by atoms with Crippen molar-refractivity contribution in [2.24, 2.45) is 0 Å². The molecule has 3 aromatic rings. The lowest BCUT2D eigenvalue weighted by Gasteiger charge is -2.29. The van der Waals surface area contributed by atoms with Crippen molar-refractivity contribution in [2.45, 2.75) is 46.2 Å². The zero-order valence-corrected chi connectivity index (χ0v) is 21.8. The molecule has 0 aliphatic carbocycles. The average Bonchev–Trinajstić information content (AvgIpc) is 3.08. The molecule has 5 nitrogen and oxygen atoms in total. The molecule has 9 heteroatoms. The van der Waals surface area contributed by atoms with Gasteiger partial charge in [0, 0.05) is 17.1 Å². The Balaban J connectivity index is 1.73. The van der Waals surface area contributed by atoms with Gasteiger partial charge in [0.25, 0.3) is 11.8 Å². The van der Waals surface area contributed by atoms with Crippen LogP contribution in [0.5, 0.6) is 0 Å². The number of amides is 2. The third-order valence-electron chi connectivity index (χ3n) is 6.30. The fourth-order valence-corrected chi connectivity index (χ4v) is 4.59. The summed E-state index contributed by atoms with van der Waals surface area (Å²) in [5.74, 6) is -1.51. The van der Waals surface area contributed by atoms with Gasteiger partial charge in [0.1, 0.15) is 5.57 Å². The largest absolute Gasteiger partial charge is 0.416 e. The van der Waals surface area contributed by atoms with E-state index in [4.69, 9.17) is 12.2 Å². The molecule has 0 bridgehead atoms. The van der Waals surface area contributed by atoms with Gasteiger partial charge in [-0.3, -0.25) is 19.8 Å². The fourth-order valence-electron chi connectivity index (χ4n) is 4.31. The van der Waals surface area contributed by atoms with E-state index in [0.29, 0.717) is 5.56 Å². The second kappa shape index (κ2) is 9.30. The number of hydrogen-bond acceptors (Lipinski definition) is 3. The number of anilines is 1. The molecule has 1 aliphatic heterocycles. The Morgan fingerprint density at radius 1 is 0.892 bits per heavy atom. The predicted molar refractivity (Wildman–Crippen MR) is 142 cm³/mol. The zero-order valence-electron chi connectivity index (χ0n) is 21.0. The van der Waals surface area contributed by atoms with Gasteiger partial charge < -0.3 is 4.57 Å². The molecule has 1 N–H and O–H groups in total. The maximum absolute atomic E-state index is 13.3.